The molecule has 1 aromatic carbocycles. The van der Waals surface area contributed by atoms with E-state index in [4.69, 9.17) is 21.0 Å². The molecular formula is C31H32ClFN4O4. The topological polar surface area (TPSA) is 99.8 Å². The van der Waals surface area contributed by atoms with Crippen LogP contribution < -0.4 is 4.90 Å². The van der Waals surface area contributed by atoms with Gasteiger partial charge in [0.25, 0.3) is 5.91 Å². The maximum atomic E-state index is 14.3. The molecule has 1 saturated heterocycles. The quantitative estimate of drug-likeness (QED) is 0.287. The van der Waals surface area contributed by atoms with Gasteiger partial charge >= 0.3 is 5.97 Å². The summed E-state index contributed by atoms with van der Waals surface area (Å²) < 4.78 is 20.5. The minimum absolute atomic E-state index is 0.0352. The zero-order valence-electron chi connectivity index (χ0n) is 23.9. The van der Waals surface area contributed by atoms with Crippen molar-refractivity contribution in [2.24, 2.45) is 0 Å². The number of aromatic carboxylic acids is 1. The first-order valence-corrected chi connectivity index (χ1v) is 13.7. The molecule has 0 aliphatic carbocycles. The van der Waals surface area contributed by atoms with Gasteiger partial charge in [-0.05, 0) is 56.0 Å². The monoisotopic (exact) mass is 578 g/mol. The Bertz CT molecular complexity index is 1690. The van der Waals surface area contributed by atoms with E-state index in [1.54, 1.807) is 23.1 Å². The molecule has 0 saturated carbocycles. The van der Waals surface area contributed by atoms with E-state index in [2.05, 4.69) is 9.88 Å². The van der Waals surface area contributed by atoms with Gasteiger partial charge in [-0.3, -0.25) is 4.79 Å². The fourth-order valence-electron chi connectivity index (χ4n) is 5.35. The van der Waals surface area contributed by atoms with Gasteiger partial charge in [0.2, 0.25) is 0 Å². The van der Waals surface area contributed by atoms with Crippen LogP contribution in [0.25, 0.3) is 22.4 Å². The number of carbonyl (C=O) groups excluding carboxylic acids is 1. The number of nitrogens with zero attached hydrogens (tertiary/aromatic N) is 4. The molecule has 4 aromatic rings. The van der Waals surface area contributed by atoms with Gasteiger partial charge in [0.15, 0.2) is 11.3 Å². The van der Waals surface area contributed by atoms with Gasteiger partial charge < -0.3 is 19.3 Å². The molecule has 1 fully saturated rings. The zero-order chi connectivity index (χ0) is 29.9. The number of piperazine rings is 1. The Kier molecular flexibility index (Phi) is 7.06. The minimum Gasteiger partial charge on any atom is -0.478 e. The highest BCUT2D eigenvalue weighted by atomic mass is 35.5. The van der Waals surface area contributed by atoms with E-state index in [0.29, 0.717) is 47.8 Å². The standard InChI is InChI=1S/C31H32ClFN4O4/c1-17-11-19(29(39)40)15-34-27(17)36-9-10-37(31(5,6)16-36)28(38)25-14-24-26(41-25)20(30(2,3)4)13-23(35-24)18-7-8-21(32)22(33)12-18/h7-8,11-15H,9-10,16H2,1-6H3,(H,39,40). The molecule has 5 rings (SSSR count). The Hall–Kier alpha value is -3.98. The second kappa shape index (κ2) is 10.1. The Labute approximate surface area is 242 Å². The van der Waals surface area contributed by atoms with E-state index in [0.717, 1.165) is 11.1 Å². The summed E-state index contributed by atoms with van der Waals surface area (Å²) in [5.41, 5.74) is 2.99. The number of carboxylic acids is 1. The molecule has 1 aliphatic heterocycles. The van der Waals surface area contributed by atoms with E-state index < -0.39 is 17.3 Å². The molecule has 4 heterocycles. The molecular weight excluding hydrogens is 547 g/mol. The number of aromatic nitrogens is 2. The van der Waals surface area contributed by atoms with Crippen molar-refractivity contribution in [3.05, 3.63) is 75.9 Å². The van der Waals surface area contributed by atoms with E-state index in [-0.39, 0.29) is 27.7 Å². The Balaban J connectivity index is 1.47. The Morgan fingerprint density at radius 1 is 1.12 bits per heavy atom. The average molecular weight is 579 g/mol. The summed E-state index contributed by atoms with van der Waals surface area (Å²) in [6.45, 7) is 13.3. The van der Waals surface area contributed by atoms with Crippen molar-refractivity contribution in [3.8, 4) is 11.3 Å². The van der Waals surface area contributed by atoms with Crippen LogP contribution in [0.3, 0.4) is 0 Å². The number of carbonyl (C=O) groups is 2. The molecule has 214 valence electrons. The molecule has 1 amide bonds. The molecule has 1 N–H and O–H groups in total. The summed E-state index contributed by atoms with van der Waals surface area (Å²) in [6.07, 6.45) is 1.36. The van der Waals surface area contributed by atoms with E-state index in [9.17, 15) is 19.1 Å². The van der Waals surface area contributed by atoms with Gasteiger partial charge in [-0.1, -0.05) is 38.4 Å². The van der Waals surface area contributed by atoms with Crippen LogP contribution in [-0.2, 0) is 5.41 Å². The van der Waals surface area contributed by atoms with Crippen molar-refractivity contribution in [3.63, 3.8) is 0 Å². The normalized spacial score (nSPS) is 15.4. The highest BCUT2D eigenvalue weighted by Crippen LogP contribution is 2.36. The van der Waals surface area contributed by atoms with Crippen LogP contribution >= 0.6 is 11.6 Å². The van der Waals surface area contributed by atoms with Crippen LogP contribution in [0.4, 0.5) is 10.2 Å². The number of hydrogen-bond acceptors (Lipinski definition) is 6. The number of hydrogen-bond donors (Lipinski definition) is 1. The first-order chi connectivity index (χ1) is 19.2. The number of rotatable bonds is 4. The number of furan rings is 1. The summed E-state index contributed by atoms with van der Waals surface area (Å²) in [5, 5.41) is 9.31. The molecule has 0 bridgehead atoms. The molecule has 0 unspecified atom stereocenters. The molecule has 41 heavy (non-hydrogen) atoms. The smallest absolute Gasteiger partial charge is 0.337 e. The average Bonchev–Trinajstić information content (AvgIpc) is 3.32. The first-order valence-electron chi connectivity index (χ1n) is 13.3. The molecule has 0 radical (unpaired) electrons. The summed E-state index contributed by atoms with van der Waals surface area (Å²) in [6, 6.07) is 9.70. The van der Waals surface area contributed by atoms with Gasteiger partial charge in [-0.15, -0.1) is 0 Å². The second-order valence-electron chi connectivity index (χ2n) is 12.1. The third-order valence-corrected chi connectivity index (χ3v) is 7.76. The maximum absolute atomic E-state index is 14.3. The number of aryl methyl sites for hydroxylation is 1. The van der Waals surface area contributed by atoms with Crippen LogP contribution in [0.1, 0.15) is 66.7 Å². The van der Waals surface area contributed by atoms with Crippen LogP contribution in [0.5, 0.6) is 0 Å². The fraction of sp³-hybridized carbons (Fsp3) is 0.355. The van der Waals surface area contributed by atoms with Crippen molar-refractivity contribution in [1.29, 1.82) is 0 Å². The van der Waals surface area contributed by atoms with Crippen LogP contribution in [0.15, 0.2) is 47.0 Å². The van der Waals surface area contributed by atoms with Crippen LogP contribution in [0.2, 0.25) is 5.02 Å². The lowest BCUT2D eigenvalue weighted by molar-refractivity contribution is 0.0483. The van der Waals surface area contributed by atoms with Crippen molar-refractivity contribution < 1.29 is 23.5 Å². The predicted molar refractivity (Wildman–Crippen MR) is 156 cm³/mol. The van der Waals surface area contributed by atoms with E-state index in [1.165, 1.54) is 18.3 Å². The third-order valence-electron chi connectivity index (χ3n) is 7.46. The zero-order valence-corrected chi connectivity index (χ0v) is 24.6. The second-order valence-corrected chi connectivity index (χ2v) is 12.5. The molecule has 1 aliphatic rings. The largest absolute Gasteiger partial charge is 0.478 e. The molecule has 8 nitrogen and oxygen atoms in total. The lowest BCUT2D eigenvalue weighted by Gasteiger charge is -2.47. The van der Waals surface area contributed by atoms with Gasteiger partial charge in [0, 0.05) is 43.0 Å². The number of anilines is 1. The number of pyridine rings is 2. The van der Waals surface area contributed by atoms with E-state index in [1.807, 2.05) is 47.6 Å². The summed E-state index contributed by atoms with van der Waals surface area (Å²) in [7, 11) is 0. The van der Waals surface area contributed by atoms with Gasteiger partial charge in [0.1, 0.15) is 17.2 Å². The van der Waals surface area contributed by atoms with Crippen molar-refractivity contribution in [2.45, 2.75) is 52.5 Å². The van der Waals surface area contributed by atoms with Crippen molar-refractivity contribution in [2.75, 3.05) is 24.5 Å². The van der Waals surface area contributed by atoms with Crippen molar-refractivity contribution >= 4 is 40.4 Å². The summed E-state index contributed by atoms with van der Waals surface area (Å²) in [4.78, 5) is 38.2. The minimum atomic E-state index is -1.02. The van der Waals surface area contributed by atoms with Gasteiger partial charge in [-0.2, -0.15) is 0 Å². The molecule has 3 aromatic heterocycles. The summed E-state index contributed by atoms with van der Waals surface area (Å²) in [5.74, 6) is -0.929. The number of benzene rings is 1. The lowest BCUT2D eigenvalue weighted by atomic mass is 9.86. The molecule has 10 heteroatoms. The van der Waals surface area contributed by atoms with Gasteiger partial charge in [0.05, 0.1) is 21.8 Å². The Morgan fingerprint density at radius 3 is 2.46 bits per heavy atom. The number of carboxylic acid groups (broad SMARTS) is 1. The summed E-state index contributed by atoms with van der Waals surface area (Å²) >= 11 is 5.89. The maximum Gasteiger partial charge on any atom is 0.337 e. The molecule has 0 spiro atoms. The third kappa shape index (κ3) is 5.38. The number of halogens is 2. The van der Waals surface area contributed by atoms with Crippen molar-refractivity contribution in [1.82, 2.24) is 14.9 Å². The first kappa shape index (κ1) is 28.5. The predicted octanol–water partition coefficient (Wildman–Crippen LogP) is 6.73. The van der Waals surface area contributed by atoms with Crippen LogP contribution in [-0.4, -0.2) is 57.0 Å². The SMILES string of the molecule is Cc1cc(C(=O)O)cnc1N1CCN(C(=O)c2cc3nc(-c4ccc(Cl)c(F)c4)cc(C(C)(C)C)c3o2)C(C)(C)C1. The lowest BCUT2D eigenvalue weighted by Crippen LogP contribution is -2.61. The van der Waals surface area contributed by atoms with E-state index >= 15 is 0 Å². The highest BCUT2D eigenvalue weighted by Gasteiger charge is 2.39. The fourth-order valence-corrected chi connectivity index (χ4v) is 5.47. The number of fused-ring (bicyclic) bond motifs is 1. The Morgan fingerprint density at radius 2 is 1.85 bits per heavy atom. The van der Waals surface area contributed by atoms with Gasteiger partial charge in [-0.25, -0.2) is 19.2 Å². The molecule has 0 atom stereocenters. The number of amides is 1. The van der Waals surface area contributed by atoms with Crippen LogP contribution in [0, 0.1) is 12.7 Å². The highest BCUT2D eigenvalue weighted by molar-refractivity contribution is 6.30.